The van der Waals surface area contributed by atoms with Gasteiger partial charge in [-0.3, -0.25) is 4.90 Å². The van der Waals surface area contributed by atoms with Crippen LogP contribution in [-0.4, -0.2) is 23.5 Å². The smallest absolute Gasteiger partial charge is 0.128 e. The van der Waals surface area contributed by atoms with Gasteiger partial charge in [-0.1, -0.05) is 39.0 Å². The second-order valence-corrected chi connectivity index (χ2v) is 6.69. The van der Waals surface area contributed by atoms with Gasteiger partial charge in [0, 0.05) is 17.6 Å². The van der Waals surface area contributed by atoms with Crippen LogP contribution < -0.4 is 5.73 Å². The van der Waals surface area contributed by atoms with Gasteiger partial charge < -0.3 is 5.73 Å². The summed E-state index contributed by atoms with van der Waals surface area (Å²) in [5.74, 6) is 0.534. The zero-order valence-electron chi connectivity index (χ0n) is 13.6. The van der Waals surface area contributed by atoms with Crippen molar-refractivity contribution in [3.05, 3.63) is 35.6 Å². The third kappa shape index (κ3) is 4.27. The van der Waals surface area contributed by atoms with Gasteiger partial charge >= 0.3 is 0 Å². The fourth-order valence-corrected chi connectivity index (χ4v) is 2.96. The van der Waals surface area contributed by atoms with E-state index in [4.69, 9.17) is 5.73 Å². The summed E-state index contributed by atoms with van der Waals surface area (Å²) in [5, 5.41) is 0. The predicted molar refractivity (Wildman–Crippen MR) is 86.6 cm³/mol. The van der Waals surface area contributed by atoms with E-state index in [1.54, 1.807) is 12.1 Å². The second kappa shape index (κ2) is 7.37. The summed E-state index contributed by atoms with van der Waals surface area (Å²) < 4.78 is 14.3. The van der Waals surface area contributed by atoms with Crippen LogP contribution in [0.25, 0.3) is 0 Å². The molecule has 1 aliphatic carbocycles. The maximum Gasteiger partial charge on any atom is 0.128 e. The Morgan fingerprint density at radius 1 is 1.29 bits per heavy atom. The molecule has 1 aliphatic rings. The SMILES string of the molecule is CCC(N)C(c1ccccc1F)N(CCC(C)C)C1CC1. The lowest BCUT2D eigenvalue weighted by atomic mass is 9.94. The first-order valence-electron chi connectivity index (χ1n) is 8.30. The first kappa shape index (κ1) is 16.4. The van der Waals surface area contributed by atoms with E-state index >= 15 is 0 Å². The standard InChI is InChI=1S/C18H29FN2/c1-4-17(20)18(15-7-5-6-8-16(15)19)21(14-9-10-14)12-11-13(2)3/h5-8,13-14,17-18H,4,9-12,20H2,1-3H3. The molecule has 1 saturated carbocycles. The minimum Gasteiger partial charge on any atom is -0.326 e. The molecular formula is C18H29FN2. The average molecular weight is 292 g/mol. The zero-order chi connectivity index (χ0) is 15.4. The lowest BCUT2D eigenvalue weighted by molar-refractivity contribution is 0.148. The summed E-state index contributed by atoms with van der Waals surface area (Å²) >= 11 is 0. The first-order valence-corrected chi connectivity index (χ1v) is 8.30. The molecule has 3 heteroatoms. The van der Waals surface area contributed by atoms with Crippen LogP contribution in [0.3, 0.4) is 0 Å². The maximum atomic E-state index is 14.3. The van der Waals surface area contributed by atoms with Gasteiger partial charge in [0.1, 0.15) is 5.82 Å². The Bertz CT molecular complexity index is 443. The second-order valence-electron chi connectivity index (χ2n) is 6.69. The van der Waals surface area contributed by atoms with Crippen LogP contribution in [0.5, 0.6) is 0 Å². The van der Waals surface area contributed by atoms with Crippen molar-refractivity contribution in [2.24, 2.45) is 11.7 Å². The highest BCUT2D eigenvalue weighted by molar-refractivity contribution is 5.23. The topological polar surface area (TPSA) is 29.3 Å². The van der Waals surface area contributed by atoms with Crippen LogP contribution in [0.4, 0.5) is 4.39 Å². The molecule has 0 bridgehead atoms. The lowest BCUT2D eigenvalue weighted by Crippen LogP contribution is -2.43. The molecule has 1 aromatic carbocycles. The van der Waals surface area contributed by atoms with Gasteiger partial charge in [0.2, 0.25) is 0 Å². The lowest BCUT2D eigenvalue weighted by Gasteiger charge is -2.36. The number of hydrogen-bond donors (Lipinski definition) is 1. The highest BCUT2D eigenvalue weighted by atomic mass is 19.1. The number of halogens is 1. The minimum absolute atomic E-state index is 0.00227. The molecule has 1 aromatic rings. The fourth-order valence-electron chi connectivity index (χ4n) is 2.96. The molecule has 0 aromatic heterocycles. The van der Waals surface area contributed by atoms with Crippen LogP contribution in [-0.2, 0) is 0 Å². The Kier molecular flexibility index (Phi) is 5.77. The molecule has 2 rings (SSSR count). The van der Waals surface area contributed by atoms with Crippen molar-refractivity contribution in [3.8, 4) is 0 Å². The number of nitrogens with zero attached hydrogens (tertiary/aromatic N) is 1. The zero-order valence-corrected chi connectivity index (χ0v) is 13.6. The minimum atomic E-state index is -0.124. The van der Waals surface area contributed by atoms with E-state index in [-0.39, 0.29) is 17.9 Å². The Labute approximate surface area is 128 Å². The normalized spacial score (nSPS) is 18.2. The van der Waals surface area contributed by atoms with Crippen molar-refractivity contribution in [3.63, 3.8) is 0 Å². The Hall–Kier alpha value is -0.930. The molecule has 0 saturated heterocycles. The summed E-state index contributed by atoms with van der Waals surface area (Å²) in [6, 6.07) is 7.70. The number of rotatable bonds is 8. The van der Waals surface area contributed by atoms with Crippen LogP contribution in [0, 0.1) is 11.7 Å². The monoisotopic (exact) mass is 292 g/mol. The van der Waals surface area contributed by atoms with E-state index in [9.17, 15) is 4.39 Å². The molecule has 21 heavy (non-hydrogen) atoms. The van der Waals surface area contributed by atoms with Crippen molar-refractivity contribution in [1.82, 2.24) is 4.90 Å². The molecule has 0 radical (unpaired) electrons. The highest BCUT2D eigenvalue weighted by Gasteiger charge is 2.37. The molecule has 2 N–H and O–H groups in total. The molecule has 2 nitrogen and oxygen atoms in total. The molecule has 1 fully saturated rings. The van der Waals surface area contributed by atoms with Gasteiger partial charge in [0.05, 0.1) is 6.04 Å². The van der Waals surface area contributed by atoms with Crippen LogP contribution >= 0.6 is 0 Å². The largest absolute Gasteiger partial charge is 0.326 e. The van der Waals surface area contributed by atoms with Gasteiger partial charge in [-0.05, 0) is 44.2 Å². The Morgan fingerprint density at radius 2 is 1.95 bits per heavy atom. The Morgan fingerprint density at radius 3 is 2.48 bits per heavy atom. The van der Waals surface area contributed by atoms with E-state index in [1.165, 1.54) is 12.8 Å². The van der Waals surface area contributed by atoms with E-state index in [1.807, 2.05) is 12.1 Å². The summed E-state index contributed by atoms with van der Waals surface area (Å²) in [6.45, 7) is 7.58. The van der Waals surface area contributed by atoms with Crippen molar-refractivity contribution < 1.29 is 4.39 Å². The molecule has 118 valence electrons. The van der Waals surface area contributed by atoms with Crippen LogP contribution in [0.15, 0.2) is 24.3 Å². The number of nitrogens with two attached hydrogens (primary N) is 1. The van der Waals surface area contributed by atoms with Crippen molar-refractivity contribution in [2.45, 2.75) is 64.6 Å². The van der Waals surface area contributed by atoms with E-state index in [0.29, 0.717) is 12.0 Å². The Balaban J connectivity index is 2.26. The summed E-state index contributed by atoms with van der Waals surface area (Å²) in [7, 11) is 0. The average Bonchev–Trinajstić information content (AvgIpc) is 3.28. The maximum absolute atomic E-state index is 14.3. The van der Waals surface area contributed by atoms with Crippen LogP contribution in [0.1, 0.15) is 58.1 Å². The molecule has 0 heterocycles. The molecule has 0 amide bonds. The third-order valence-electron chi connectivity index (χ3n) is 4.44. The van der Waals surface area contributed by atoms with Gasteiger partial charge in [-0.25, -0.2) is 4.39 Å². The van der Waals surface area contributed by atoms with Crippen molar-refractivity contribution in [1.29, 1.82) is 0 Å². The molecular weight excluding hydrogens is 263 g/mol. The van der Waals surface area contributed by atoms with Crippen molar-refractivity contribution >= 4 is 0 Å². The molecule has 0 aliphatic heterocycles. The summed E-state index contributed by atoms with van der Waals surface area (Å²) in [4.78, 5) is 2.46. The first-order chi connectivity index (χ1) is 10.0. The summed E-state index contributed by atoms with van der Waals surface area (Å²) in [6.07, 6.45) is 4.45. The van der Waals surface area contributed by atoms with Gasteiger partial charge in [0.25, 0.3) is 0 Å². The fraction of sp³-hybridized carbons (Fsp3) is 0.667. The van der Waals surface area contributed by atoms with Gasteiger partial charge in [-0.2, -0.15) is 0 Å². The van der Waals surface area contributed by atoms with E-state index < -0.39 is 0 Å². The van der Waals surface area contributed by atoms with Crippen LogP contribution in [0.2, 0.25) is 0 Å². The molecule has 0 spiro atoms. The van der Waals surface area contributed by atoms with Gasteiger partial charge in [0.15, 0.2) is 0 Å². The summed E-state index contributed by atoms with van der Waals surface area (Å²) in [5.41, 5.74) is 7.15. The molecule has 2 atom stereocenters. The molecule has 2 unspecified atom stereocenters. The van der Waals surface area contributed by atoms with E-state index in [2.05, 4.69) is 25.7 Å². The predicted octanol–water partition coefficient (Wildman–Crippen LogP) is 4.11. The van der Waals surface area contributed by atoms with Crippen molar-refractivity contribution in [2.75, 3.05) is 6.54 Å². The number of benzene rings is 1. The number of hydrogen-bond acceptors (Lipinski definition) is 2. The van der Waals surface area contributed by atoms with E-state index in [0.717, 1.165) is 24.9 Å². The highest BCUT2D eigenvalue weighted by Crippen LogP contribution is 2.37. The van der Waals surface area contributed by atoms with Gasteiger partial charge in [-0.15, -0.1) is 0 Å². The third-order valence-corrected chi connectivity index (χ3v) is 4.44. The quantitative estimate of drug-likeness (QED) is 0.781.